The maximum absolute atomic E-state index is 6.42. The maximum atomic E-state index is 6.42. The molecule has 6 heteroatoms. The van der Waals surface area contributed by atoms with Gasteiger partial charge in [-0.2, -0.15) is 0 Å². The van der Waals surface area contributed by atoms with E-state index in [0.29, 0.717) is 11.0 Å². The van der Waals surface area contributed by atoms with E-state index in [2.05, 4.69) is 34.4 Å². The Balaban J connectivity index is 1.95. The van der Waals surface area contributed by atoms with Gasteiger partial charge in [-0.05, 0) is 48.0 Å². The molecule has 0 radical (unpaired) electrons. The molecule has 1 atom stereocenters. The van der Waals surface area contributed by atoms with E-state index in [4.69, 9.17) is 28.9 Å². The number of nitrogens with one attached hydrogen (secondary N) is 1. The van der Waals surface area contributed by atoms with Crippen LogP contribution in [-0.2, 0) is 6.54 Å². The third-order valence-corrected chi connectivity index (χ3v) is 4.87. The van der Waals surface area contributed by atoms with Crippen molar-refractivity contribution in [2.75, 3.05) is 26.0 Å². The van der Waals surface area contributed by atoms with Crippen molar-refractivity contribution in [3.8, 4) is 0 Å². The molecule has 0 bridgehead atoms. The summed E-state index contributed by atoms with van der Waals surface area (Å²) in [5.74, 6) is 0.630. The van der Waals surface area contributed by atoms with E-state index in [0.717, 1.165) is 29.4 Å². The molecule has 24 heavy (non-hydrogen) atoms. The first-order valence-electron chi connectivity index (χ1n) is 7.73. The first-order valence-corrected chi connectivity index (χ1v) is 8.49. The van der Waals surface area contributed by atoms with Crippen LogP contribution in [0.3, 0.4) is 0 Å². The largest absolute Gasteiger partial charge is 0.370 e. The van der Waals surface area contributed by atoms with E-state index >= 15 is 0 Å². The predicted octanol–water partition coefficient (Wildman–Crippen LogP) is 3.93. The topological polar surface area (TPSA) is 53.6 Å². The molecule has 0 amide bonds. The number of benzene rings is 2. The van der Waals surface area contributed by atoms with Crippen LogP contribution >= 0.6 is 23.2 Å². The average molecular weight is 363 g/mol. The summed E-state index contributed by atoms with van der Waals surface area (Å²) in [5.41, 5.74) is 10.2. The Kier molecular flexibility index (Phi) is 4.99. The quantitative estimate of drug-likeness (QED) is 0.628. The van der Waals surface area contributed by atoms with Gasteiger partial charge in [-0.25, -0.2) is 0 Å². The maximum Gasteiger partial charge on any atom is 0.192 e. The van der Waals surface area contributed by atoms with Crippen molar-refractivity contribution in [3.05, 3.63) is 63.1 Å². The summed E-state index contributed by atoms with van der Waals surface area (Å²) in [7, 11) is 3.76. The van der Waals surface area contributed by atoms with E-state index in [9.17, 15) is 0 Å². The second-order valence-electron chi connectivity index (χ2n) is 6.06. The molecule has 1 aliphatic heterocycles. The highest BCUT2D eigenvalue weighted by molar-refractivity contribution is 6.35. The summed E-state index contributed by atoms with van der Waals surface area (Å²) in [6, 6.07) is 12.1. The SMILES string of the molecule is CN=C(N)Nc1ccc(C2CN(C)Cc3c(Cl)cc(Cl)cc32)cc1. The monoisotopic (exact) mass is 362 g/mol. The molecule has 2 aromatic carbocycles. The lowest BCUT2D eigenvalue weighted by molar-refractivity contribution is 0.295. The Morgan fingerprint density at radius 1 is 1.25 bits per heavy atom. The molecule has 0 fully saturated rings. The van der Waals surface area contributed by atoms with Crippen LogP contribution < -0.4 is 11.1 Å². The molecule has 0 aromatic heterocycles. The van der Waals surface area contributed by atoms with Gasteiger partial charge in [-0.3, -0.25) is 4.99 Å². The molecular weight excluding hydrogens is 343 g/mol. The Bertz CT molecular complexity index is 771. The number of aliphatic imine (C=N–C) groups is 1. The lowest BCUT2D eigenvalue weighted by atomic mass is 9.85. The zero-order chi connectivity index (χ0) is 17.3. The van der Waals surface area contributed by atoms with E-state index in [1.807, 2.05) is 24.3 Å². The Morgan fingerprint density at radius 2 is 1.96 bits per heavy atom. The molecule has 1 heterocycles. The summed E-state index contributed by atoms with van der Waals surface area (Å²) in [5, 5.41) is 4.46. The molecule has 0 saturated heterocycles. The number of hydrogen-bond acceptors (Lipinski definition) is 2. The Hall–Kier alpha value is -1.75. The summed E-state index contributed by atoms with van der Waals surface area (Å²) < 4.78 is 0. The minimum atomic E-state index is 0.237. The summed E-state index contributed by atoms with van der Waals surface area (Å²) in [6.45, 7) is 1.76. The van der Waals surface area contributed by atoms with Gasteiger partial charge in [0.05, 0.1) is 0 Å². The molecular formula is C18H20Cl2N4. The first kappa shape index (κ1) is 17.1. The van der Waals surface area contributed by atoms with Crippen molar-refractivity contribution in [3.63, 3.8) is 0 Å². The van der Waals surface area contributed by atoms with Crippen LogP contribution in [0.15, 0.2) is 41.4 Å². The zero-order valence-corrected chi connectivity index (χ0v) is 15.2. The number of nitrogens with two attached hydrogens (primary N) is 1. The van der Waals surface area contributed by atoms with Gasteiger partial charge in [0.2, 0.25) is 0 Å². The van der Waals surface area contributed by atoms with Crippen LogP contribution in [0.4, 0.5) is 5.69 Å². The number of guanidine groups is 1. The number of fused-ring (bicyclic) bond motifs is 1. The fourth-order valence-electron chi connectivity index (χ4n) is 3.13. The molecule has 3 N–H and O–H groups in total. The predicted molar refractivity (Wildman–Crippen MR) is 102 cm³/mol. The standard InChI is InChI=1S/C18H20Cl2N4/c1-22-18(21)23-13-5-3-11(4-6-13)15-9-24(2)10-16-14(15)7-12(19)8-17(16)20/h3-8,15H,9-10H2,1-2H3,(H3,21,22,23). The molecule has 1 unspecified atom stereocenters. The smallest absolute Gasteiger partial charge is 0.192 e. The van der Waals surface area contributed by atoms with Gasteiger partial charge in [-0.1, -0.05) is 35.3 Å². The van der Waals surface area contributed by atoms with Crippen molar-refractivity contribution >= 4 is 34.8 Å². The van der Waals surface area contributed by atoms with E-state index in [-0.39, 0.29) is 5.92 Å². The fraction of sp³-hybridized carbons (Fsp3) is 0.278. The van der Waals surface area contributed by atoms with Gasteiger partial charge in [0.1, 0.15) is 0 Å². The number of anilines is 1. The summed E-state index contributed by atoms with van der Waals surface area (Å²) in [4.78, 5) is 6.18. The average Bonchev–Trinajstić information content (AvgIpc) is 2.55. The Labute approximate surface area is 152 Å². The highest BCUT2D eigenvalue weighted by Gasteiger charge is 2.26. The lowest BCUT2D eigenvalue weighted by Crippen LogP contribution is -2.31. The second kappa shape index (κ2) is 7.01. The number of likely N-dealkylation sites (N-methyl/N-ethyl adjacent to an activating group) is 1. The van der Waals surface area contributed by atoms with Gasteiger partial charge in [-0.15, -0.1) is 0 Å². The molecule has 0 aliphatic carbocycles. The third kappa shape index (κ3) is 3.51. The zero-order valence-electron chi connectivity index (χ0n) is 13.7. The normalized spacial score (nSPS) is 18.3. The van der Waals surface area contributed by atoms with Gasteiger partial charge < -0.3 is 16.0 Å². The molecule has 2 aromatic rings. The van der Waals surface area contributed by atoms with Crippen LogP contribution in [0.25, 0.3) is 0 Å². The first-order chi connectivity index (χ1) is 11.5. The second-order valence-corrected chi connectivity index (χ2v) is 6.90. The lowest BCUT2D eigenvalue weighted by Gasteiger charge is -2.33. The highest BCUT2D eigenvalue weighted by Crippen LogP contribution is 2.38. The van der Waals surface area contributed by atoms with Crippen LogP contribution in [0.5, 0.6) is 0 Å². The van der Waals surface area contributed by atoms with Gasteiger partial charge in [0.25, 0.3) is 0 Å². The number of nitrogens with zero attached hydrogens (tertiary/aromatic N) is 2. The van der Waals surface area contributed by atoms with Crippen molar-refractivity contribution < 1.29 is 0 Å². The van der Waals surface area contributed by atoms with Crippen LogP contribution in [0.1, 0.15) is 22.6 Å². The summed E-state index contributed by atoms with van der Waals surface area (Å²) >= 11 is 12.7. The molecule has 126 valence electrons. The molecule has 0 saturated carbocycles. The fourth-order valence-corrected chi connectivity index (χ4v) is 3.70. The number of halogens is 2. The number of hydrogen-bond donors (Lipinski definition) is 2. The van der Waals surface area contributed by atoms with E-state index in [1.54, 1.807) is 7.05 Å². The van der Waals surface area contributed by atoms with Gasteiger partial charge in [0.15, 0.2) is 5.96 Å². The van der Waals surface area contributed by atoms with Crippen LogP contribution in [-0.4, -0.2) is 31.5 Å². The third-order valence-electron chi connectivity index (χ3n) is 4.32. The van der Waals surface area contributed by atoms with Crippen molar-refractivity contribution in [2.24, 2.45) is 10.7 Å². The van der Waals surface area contributed by atoms with E-state index in [1.165, 1.54) is 11.1 Å². The van der Waals surface area contributed by atoms with Crippen molar-refractivity contribution in [1.29, 1.82) is 0 Å². The molecule has 4 nitrogen and oxygen atoms in total. The molecule has 3 rings (SSSR count). The van der Waals surface area contributed by atoms with Gasteiger partial charge >= 0.3 is 0 Å². The highest BCUT2D eigenvalue weighted by atomic mass is 35.5. The van der Waals surface area contributed by atoms with E-state index < -0.39 is 0 Å². The minimum absolute atomic E-state index is 0.237. The van der Waals surface area contributed by atoms with Crippen LogP contribution in [0.2, 0.25) is 10.0 Å². The summed E-state index contributed by atoms with van der Waals surface area (Å²) in [6.07, 6.45) is 0. The van der Waals surface area contributed by atoms with Crippen molar-refractivity contribution in [1.82, 2.24) is 4.90 Å². The molecule has 1 aliphatic rings. The minimum Gasteiger partial charge on any atom is -0.370 e. The Morgan fingerprint density at radius 3 is 2.62 bits per heavy atom. The van der Waals surface area contributed by atoms with Gasteiger partial charge in [0, 0.05) is 41.8 Å². The van der Waals surface area contributed by atoms with Crippen molar-refractivity contribution in [2.45, 2.75) is 12.5 Å². The van der Waals surface area contributed by atoms with Crippen LogP contribution in [0, 0.1) is 0 Å². The molecule has 0 spiro atoms. The number of rotatable bonds is 2.